The number of rotatable bonds is 5. The Balaban J connectivity index is 1.24. The Hall–Kier alpha value is -6.39. The van der Waals surface area contributed by atoms with Gasteiger partial charge in [-0.25, -0.2) is 15.0 Å². The van der Waals surface area contributed by atoms with E-state index in [-0.39, 0.29) is 58.4 Å². The Morgan fingerprint density at radius 2 is 1.06 bits per heavy atom. The summed E-state index contributed by atoms with van der Waals surface area (Å²) < 4.78 is 82.2. The van der Waals surface area contributed by atoms with Gasteiger partial charge in [-0.05, 0) is 57.2 Å². The molecule has 0 atom stereocenters. The van der Waals surface area contributed by atoms with Gasteiger partial charge in [-0.2, -0.15) is 0 Å². The standard InChI is InChI=1S/C43H27N3O/c1-3-13-28(14-4-1)41-44-42(29-15-5-2-6-16-29)46-43(45-41)36-26-25-32(34-19-7-8-20-35(34)36)30-17-11-18-31(27-30)33-22-12-24-39-40(33)37-21-9-10-23-38(37)47-39/h1-27H/i1D,3D,4D,9D,13D,14D,22D,23D,24D. The highest BCUT2D eigenvalue weighted by molar-refractivity contribution is 6.13. The maximum absolute atomic E-state index is 8.97. The van der Waals surface area contributed by atoms with Crippen molar-refractivity contribution in [3.63, 3.8) is 0 Å². The Labute approximate surface area is 284 Å². The molecular formula is C43H27N3O. The molecule has 4 heteroatoms. The Morgan fingerprint density at radius 1 is 0.404 bits per heavy atom. The predicted molar refractivity (Wildman–Crippen MR) is 192 cm³/mol. The van der Waals surface area contributed by atoms with Gasteiger partial charge in [-0.1, -0.05) is 139 Å². The zero-order chi connectivity index (χ0) is 39.0. The highest BCUT2D eigenvalue weighted by atomic mass is 16.3. The van der Waals surface area contributed by atoms with Gasteiger partial charge in [0.05, 0.1) is 12.3 Å². The van der Waals surface area contributed by atoms with E-state index in [9.17, 15) is 0 Å². The van der Waals surface area contributed by atoms with Gasteiger partial charge in [0.15, 0.2) is 17.5 Å². The molecule has 2 heterocycles. The van der Waals surface area contributed by atoms with Crippen molar-refractivity contribution < 1.29 is 16.8 Å². The van der Waals surface area contributed by atoms with Crippen molar-refractivity contribution >= 4 is 32.7 Å². The third-order valence-electron chi connectivity index (χ3n) is 8.15. The van der Waals surface area contributed by atoms with Crippen molar-refractivity contribution in [2.45, 2.75) is 0 Å². The van der Waals surface area contributed by atoms with Gasteiger partial charge in [-0.15, -0.1) is 0 Å². The van der Waals surface area contributed by atoms with Gasteiger partial charge in [0, 0.05) is 27.5 Å². The lowest BCUT2D eigenvalue weighted by Gasteiger charge is -2.14. The fraction of sp³-hybridized carbons (Fsp3) is 0. The SMILES string of the molecule is [2H]c1cc([2H])c2oc3c([2H])cc([2H])c(-c4cccc(-c5ccc(-c6nc(-c7ccccc7)nc(-c7c([2H])c([2H])c([2H])c([2H])c7[2H])n6)c6ccccc56)c4)c3c2c1. The number of furan rings is 1. The molecule has 0 saturated carbocycles. The lowest BCUT2D eigenvalue weighted by molar-refractivity contribution is 0.669. The lowest BCUT2D eigenvalue weighted by atomic mass is 9.92. The number of benzene rings is 7. The van der Waals surface area contributed by atoms with Crippen LogP contribution in [0.1, 0.15) is 12.3 Å². The predicted octanol–water partition coefficient (Wildman–Crippen LogP) is 11.3. The van der Waals surface area contributed by atoms with Crippen LogP contribution in [-0.2, 0) is 0 Å². The van der Waals surface area contributed by atoms with Gasteiger partial charge in [0.25, 0.3) is 0 Å². The second kappa shape index (κ2) is 11.2. The summed E-state index contributed by atoms with van der Waals surface area (Å²) in [5, 5.41) is 2.67. The first kappa shape index (κ1) is 19.2. The van der Waals surface area contributed by atoms with Crippen LogP contribution >= 0.6 is 0 Å². The van der Waals surface area contributed by atoms with Gasteiger partial charge in [-0.3, -0.25) is 0 Å². The third-order valence-corrected chi connectivity index (χ3v) is 8.15. The van der Waals surface area contributed by atoms with Crippen LogP contribution in [-0.4, -0.2) is 15.0 Å². The number of hydrogen-bond donors (Lipinski definition) is 0. The zero-order valence-electron chi connectivity index (χ0n) is 33.6. The van der Waals surface area contributed by atoms with Crippen LogP contribution in [0.3, 0.4) is 0 Å². The number of nitrogens with zero attached hydrogens (tertiary/aromatic N) is 3. The molecule has 7 aromatic carbocycles. The molecule has 0 aliphatic rings. The van der Waals surface area contributed by atoms with Crippen molar-refractivity contribution in [3.05, 3.63) is 164 Å². The minimum Gasteiger partial charge on any atom is -0.456 e. The minimum atomic E-state index is -0.508. The summed E-state index contributed by atoms with van der Waals surface area (Å²) in [6, 6.07) is 30.9. The maximum Gasteiger partial charge on any atom is 0.164 e. The Kier molecular flexibility index (Phi) is 4.57. The molecule has 0 radical (unpaired) electrons. The molecule has 4 nitrogen and oxygen atoms in total. The fourth-order valence-electron chi connectivity index (χ4n) is 6.02. The van der Waals surface area contributed by atoms with Crippen LogP contribution in [0, 0.1) is 0 Å². The lowest BCUT2D eigenvalue weighted by Crippen LogP contribution is -2.00. The highest BCUT2D eigenvalue weighted by Gasteiger charge is 2.17. The number of para-hydroxylation sites is 1. The average Bonchev–Trinajstić information content (AvgIpc) is 3.59. The van der Waals surface area contributed by atoms with Crippen LogP contribution in [0.4, 0.5) is 0 Å². The zero-order valence-corrected chi connectivity index (χ0v) is 24.6. The smallest absolute Gasteiger partial charge is 0.164 e. The third kappa shape index (κ3) is 4.75. The van der Waals surface area contributed by atoms with E-state index in [4.69, 9.17) is 26.7 Å². The molecule has 220 valence electrons. The molecule has 0 fully saturated rings. The van der Waals surface area contributed by atoms with E-state index < -0.39 is 30.2 Å². The summed E-state index contributed by atoms with van der Waals surface area (Å²) in [6.07, 6.45) is 0. The average molecular weight is 611 g/mol. The summed E-state index contributed by atoms with van der Waals surface area (Å²) in [6.45, 7) is 0. The molecule has 0 bridgehead atoms. The second-order valence-electron chi connectivity index (χ2n) is 10.9. The molecule has 0 spiro atoms. The van der Waals surface area contributed by atoms with E-state index >= 15 is 0 Å². The molecule has 2 aromatic heterocycles. The Morgan fingerprint density at radius 3 is 1.89 bits per heavy atom. The molecule has 9 rings (SSSR count). The summed E-state index contributed by atoms with van der Waals surface area (Å²) in [7, 11) is 0. The molecule has 9 aromatic rings. The van der Waals surface area contributed by atoms with Gasteiger partial charge in [0.1, 0.15) is 11.2 Å². The summed E-state index contributed by atoms with van der Waals surface area (Å²) >= 11 is 0. The van der Waals surface area contributed by atoms with E-state index in [1.807, 2.05) is 91.0 Å². The molecule has 0 saturated heterocycles. The van der Waals surface area contributed by atoms with E-state index in [0.717, 1.165) is 21.9 Å². The first-order valence-electron chi connectivity index (χ1n) is 19.5. The second-order valence-corrected chi connectivity index (χ2v) is 10.9. The summed E-state index contributed by atoms with van der Waals surface area (Å²) in [5.74, 6) is 0.476. The number of fused-ring (bicyclic) bond motifs is 4. The summed E-state index contributed by atoms with van der Waals surface area (Å²) in [4.78, 5) is 14.2. The van der Waals surface area contributed by atoms with Crippen LogP contribution in [0.25, 0.3) is 89.1 Å². The van der Waals surface area contributed by atoms with Crippen molar-refractivity contribution in [2.24, 2.45) is 0 Å². The van der Waals surface area contributed by atoms with Crippen LogP contribution < -0.4 is 0 Å². The van der Waals surface area contributed by atoms with Crippen molar-refractivity contribution in [1.29, 1.82) is 0 Å². The first-order valence-corrected chi connectivity index (χ1v) is 15.0. The van der Waals surface area contributed by atoms with E-state index in [1.165, 1.54) is 12.1 Å². The minimum absolute atomic E-state index is 0.0251. The maximum atomic E-state index is 8.97. The number of hydrogen-bond acceptors (Lipinski definition) is 4. The largest absolute Gasteiger partial charge is 0.456 e. The first-order chi connectivity index (χ1) is 27.0. The highest BCUT2D eigenvalue weighted by Crippen LogP contribution is 2.40. The molecule has 0 aliphatic heterocycles. The molecule has 0 amide bonds. The van der Waals surface area contributed by atoms with Crippen molar-refractivity contribution in [1.82, 2.24) is 15.0 Å². The normalized spacial score (nSPS) is 14.1. The summed E-state index contributed by atoms with van der Waals surface area (Å²) in [5.41, 5.74) is 4.61. The van der Waals surface area contributed by atoms with Crippen LogP contribution in [0.5, 0.6) is 0 Å². The van der Waals surface area contributed by atoms with Gasteiger partial charge < -0.3 is 4.42 Å². The molecule has 0 aliphatic carbocycles. The Bertz CT molecular complexity index is 3070. The van der Waals surface area contributed by atoms with Crippen molar-refractivity contribution in [3.8, 4) is 56.4 Å². The van der Waals surface area contributed by atoms with E-state index in [1.54, 1.807) is 6.07 Å². The van der Waals surface area contributed by atoms with Gasteiger partial charge >= 0.3 is 0 Å². The molecular weight excluding hydrogens is 574 g/mol. The number of aromatic nitrogens is 3. The molecule has 0 unspecified atom stereocenters. The molecule has 0 N–H and O–H groups in total. The van der Waals surface area contributed by atoms with Crippen LogP contribution in [0.15, 0.2) is 168 Å². The van der Waals surface area contributed by atoms with E-state index in [2.05, 4.69) is 4.98 Å². The van der Waals surface area contributed by atoms with E-state index in [0.29, 0.717) is 33.0 Å². The topological polar surface area (TPSA) is 51.8 Å². The quantitative estimate of drug-likeness (QED) is 0.195. The fourth-order valence-corrected chi connectivity index (χ4v) is 6.02. The van der Waals surface area contributed by atoms with Gasteiger partial charge in [0.2, 0.25) is 0 Å². The molecule has 47 heavy (non-hydrogen) atoms. The van der Waals surface area contributed by atoms with Crippen LogP contribution in [0.2, 0.25) is 0 Å². The monoisotopic (exact) mass is 610 g/mol. The van der Waals surface area contributed by atoms with Crippen molar-refractivity contribution in [2.75, 3.05) is 0 Å².